The first-order valence-electron chi connectivity index (χ1n) is 6.41. The minimum atomic E-state index is -1.20. The van der Waals surface area contributed by atoms with Gasteiger partial charge in [-0.1, -0.05) is 36.9 Å². The first-order valence-corrected chi connectivity index (χ1v) is 6.94. The third-order valence-corrected chi connectivity index (χ3v) is 3.00. The highest BCUT2D eigenvalue weighted by molar-refractivity contribution is 6.30. The van der Waals surface area contributed by atoms with Crippen molar-refractivity contribution in [1.29, 1.82) is 0 Å². The zero-order valence-electron chi connectivity index (χ0n) is 11.7. The highest BCUT2D eigenvalue weighted by Gasteiger charge is 2.29. The Bertz CT molecular complexity index is 549. The van der Waals surface area contributed by atoms with Gasteiger partial charge in [0, 0.05) is 5.56 Å². The van der Waals surface area contributed by atoms with Crippen LogP contribution in [-0.2, 0) is 14.3 Å². The number of hydrogen-bond donors (Lipinski definition) is 1. The van der Waals surface area contributed by atoms with Crippen LogP contribution in [0, 0.1) is 5.92 Å². The summed E-state index contributed by atoms with van der Waals surface area (Å²) in [5, 5.41) is 10.0. The molecule has 21 heavy (non-hydrogen) atoms. The average molecular weight is 309 g/mol. The van der Waals surface area contributed by atoms with Gasteiger partial charge < -0.3 is 9.84 Å². The predicted octanol–water partition coefficient (Wildman–Crippen LogP) is 3.13. The molecule has 1 aromatic carbocycles. The molecule has 1 aromatic rings. The molecule has 5 heteroatoms. The van der Waals surface area contributed by atoms with E-state index < -0.39 is 17.7 Å². The number of Topliss-reactive ketones (excluding diaryl/α,β-unsaturated/α-hetero) is 1. The van der Waals surface area contributed by atoms with E-state index in [1.807, 2.05) is 6.07 Å². The Balaban J connectivity index is 3.01. The summed E-state index contributed by atoms with van der Waals surface area (Å²) in [6, 6.07) is 8.72. The number of allylic oxidation sites excluding steroid dienone is 1. The summed E-state index contributed by atoms with van der Waals surface area (Å²) < 4.78 is 4.85. The van der Waals surface area contributed by atoms with E-state index >= 15 is 0 Å². The van der Waals surface area contributed by atoms with Crippen molar-refractivity contribution in [3.05, 3.63) is 54.1 Å². The number of aliphatic hydroxyl groups is 1. The predicted molar refractivity (Wildman–Crippen MR) is 82.0 cm³/mol. The standard InChI is InChI=1S/C16H17ClO4/c1-3-21-16(20)15(14(19)10-17)11(2)9-13(18)12-7-5-4-6-8-12/h4-9,15,18H,2-3,10H2,1H3/b13-9-. The Morgan fingerprint density at radius 1 is 1.38 bits per heavy atom. The second-order valence-electron chi connectivity index (χ2n) is 4.26. The van der Waals surface area contributed by atoms with Gasteiger partial charge in [0.1, 0.15) is 11.7 Å². The van der Waals surface area contributed by atoms with Gasteiger partial charge in [0.2, 0.25) is 0 Å². The van der Waals surface area contributed by atoms with Gasteiger partial charge in [-0.25, -0.2) is 0 Å². The van der Waals surface area contributed by atoms with Crippen molar-refractivity contribution in [3.8, 4) is 0 Å². The van der Waals surface area contributed by atoms with Crippen molar-refractivity contribution in [2.75, 3.05) is 12.5 Å². The van der Waals surface area contributed by atoms with Crippen molar-refractivity contribution < 1.29 is 19.4 Å². The average Bonchev–Trinajstić information content (AvgIpc) is 2.48. The summed E-state index contributed by atoms with van der Waals surface area (Å²) in [5.74, 6) is -2.85. The summed E-state index contributed by atoms with van der Waals surface area (Å²) in [4.78, 5) is 23.6. The van der Waals surface area contributed by atoms with E-state index in [9.17, 15) is 14.7 Å². The monoisotopic (exact) mass is 308 g/mol. The fourth-order valence-electron chi connectivity index (χ4n) is 1.74. The number of halogens is 1. The van der Waals surface area contributed by atoms with E-state index in [1.54, 1.807) is 31.2 Å². The molecule has 0 heterocycles. The van der Waals surface area contributed by atoms with E-state index in [2.05, 4.69) is 6.58 Å². The van der Waals surface area contributed by atoms with Crippen LogP contribution >= 0.6 is 11.6 Å². The maximum absolute atomic E-state index is 11.8. The second-order valence-corrected chi connectivity index (χ2v) is 4.52. The fraction of sp³-hybridized carbons (Fsp3) is 0.250. The lowest BCUT2D eigenvalue weighted by atomic mass is 9.95. The molecule has 112 valence electrons. The second kappa shape index (κ2) is 8.27. The van der Waals surface area contributed by atoms with Gasteiger partial charge >= 0.3 is 5.97 Å². The molecule has 0 aliphatic rings. The molecular formula is C16H17ClO4. The van der Waals surface area contributed by atoms with Gasteiger partial charge in [-0.05, 0) is 18.6 Å². The van der Waals surface area contributed by atoms with Crippen LogP contribution in [0.3, 0.4) is 0 Å². The van der Waals surface area contributed by atoms with E-state index in [0.717, 1.165) is 0 Å². The molecule has 0 fully saturated rings. The smallest absolute Gasteiger partial charge is 0.321 e. The normalized spacial score (nSPS) is 12.6. The summed E-state index contributed by atoms with van der Waals surface area (Å²) >= 11 is 5.51. The molecule has 1 atom stereocenters. The molecule has 4 nitrogen and oxygen atoms in total. The van der Waals surface area contributed by atoms with Gasteiger partial charge in [0.05, 0.1) is 12.5 Å². The largest absolute Gasteiger partial charge is 0.507 e. The molecular weight excluding hydrogens is 292 g/mol. The molecule has 1 unspecified atom stereocenters. The van der Waals surface area contributed by atoms with Gasteiger partial charge in [0.15, 0.2) is 5.78 Å². The van der Waals surface area contributed by atoms with Crippen molar-refractivity contribution >= 4 is 29.1 Å². The van der Waals surface area contributed by atoms with Crippen LogP contribution < -0.4 is 0 Å². The van der Waals surface area contributed by atoms with Crippen molar-refractivity contribution in [2.45, 2.75) is 6.92 Å². The van der Waals surface area contributed by atoms with Crippen LogP contribution in [0.15, 0.2) is 48.6 Å². The quantitative estimate of drug-likeness (QED) is 0.276. The number of hydrogen-bond acceptors (Lipinski definition) is 4. The van der Waals surface area contributed by atoms with Gasteiger partial charge in [0.25, 0.3) is 0 Å². The summed E-state index contributed by atoms with van der Waals surface area (Å²) in [5.41, 5.74) is 0.694. The molecule has 0 saturated heterocycles. The Labute approximate surface area is 128 Å². The first kappa shape index (κ1) is 17.0. The van der Waals surface area contributed by atoms with E-state index in [-0.39, 0.29) is 23.8 Å². The van der Waals surface area contributed by atoms with E-state index in [0.29, 0.717) is 5.56 Å². The van der Waals surface area contributed by atoms with Crippen LogP contribution in [0.25, 0.3) is 5.76 Å². The number of ketones is 1. The molecule has 0 aliphatic carbocycles. The molecule has 0 bridgehead atoms. The Morgan fingerprint density at radius 2 is 2.00 bits per heavy atom. The maximum atomic E-state index is 11.8. The SMILES string of the molecule is C=C(/C=C(\O)c1ccccc1)C(C(=O)CCl)C(=O)OCC. The minimum Gasteiger partial charge on any atom is -0.507 e. The molecule has 0 radical (unpaired) electrons. The third kappa shape index (κ3) is 4.76. The van der Waals surface area contributed by atoms with Crippen molar-refractivity contribution in [3.63, 3.8) is 0 Å². The van der Waals surface area contributed by atoms with Crippen LogP contribution in [0.5, 0.6) is 0 Å². The number of esters is 1. The number of alkyl halides is 1. The molecule has 0 amide bonds. The maximum Gasteiger partial charge on any atom is 0.321 e. The number of carbonyl (C=O) groups is 2. The van der Waals surface area contributed by atoms with Gasteiger partial charge in [-0.2, -0.15) is 0 Å². The van der Waals surface area contributed by atoms with E-state index in [1.165, 1.54) is 6.08 Å². The van der Waals surface area contributed by atoms with E-state index in [4.69, 9.17) is 16.3 Å². The van der Waals surface area contributed by atoms with Crippen LogP contribution in [-0.4, -0.2) is 29.3 Å². The fourth-order valence-corrected chi connectivity index (χ4v) is 1.90. The number of benzene rings is 1. The zero-order valence-corrected chi connectivity index (χ0v) is 12.5. The summed E-state index contributed by atoms with van der Waals surface area (Å²) in [6.07, 6.45) is 1.28. The topological polar surface area (TPSA) is 63.6 Å². The van der Waals surface area contributed by atoms with Gasteiger partial charge in [-0.15, -0.1) is 11.6 Å². The Hall–Kier alpha value is -2.07. The Morgan fingerprint density at radius 3 is 2.52 bits per heavy atom. The van der Waals surface area contributed by atoms with Crippen LogP contribution in [0.4, 0.5) is 0 Å². The number of carbonyl (C=O) groups excluding carboxylic acids is 2. The summed E-state index contributed by atoms with van der Waals surface area (Å²) in [6.45, 7) is 5.46. The van der Waals surface area contributed by atoms with Gasteiger partial charge in [-0.3, -0.25) is 9.59 Å². The van der Waals surface area contributed by atoms with Crippen molar-refractivity contribution in [1.82, 2.24) is 0 Å². The number of aliphatic hydroxyl groups excluding tert-OH is 1. The molecule has 0 spiro atoms. The lowest BCUT2D eigenvalue weighted by Crippen LogP contribution is -2.28. The lowest BCUT2D eigenvalue weighted by molar-refractivity contribution is -0.149. The van der Waals surface area contributed by atoms with Crippen molar-refractivity contribution in [2.24, 2.45) is 5.92 Å². The molecule has 0 aromatic heterocycles. The molecule has 1 N–H and O–H groups in total. The molecule has 0 saturated carbocycles. The highest BCUT2D eigenvalue weighted by Crippen LogP contribution is 2.20. The molecule has 1 rings (SSSR count). The number of ether oxygens (including phenoxy) is 1. The zero-order chi connectivity index (χ0) is 15.8. The molecule has 0 aliphatic heterocycles. The van der Waals surface area contributed by atoms with Crippen LogP contribution in [0.1, 0.15) is 12.5 Å². The number of rotatable bonds is 7. The summed E-state index contributed by atoms with van der Waals surface area (Å²) in [7, 11) is 0. The first-order chi connectivity index (χ1) is 10.0. The Kier molecular flexibility index (Phi) is 6.69. The minimum absolute atomic E-state index is 0.0859. The van der Waals surface area contributed by atoms with Crippen LogP contribution in [0.2, 0.25) is 0 Å². The highest BCUT2D eigenvalue weighted by atomic mass is 35.5. The third-order valence-electron chi connectivity index (χ3n) is 2.74. The lowest BCUT2D eigenvalue weighted by Gasteiger charge is -2.14.